The van der Waals surface area contributed by atoms with E-state index in [1.165, 1.54) is 4.90 Å². The third-order valence-corrected chi connectivity index (χ3v) is 4.49. The lowest BCUT2D eigenvalue weighted by Crippen LogP contribution is -3.28. The largest absolute Gasteiger partial charge is 0.361 e. The molecule has 1 aliphatic heterocycles. The summed E-state index contributed by atoms with van der Waals surface area (Å²) in [5.74, 6) is -3.90. The second-order valence-corrected chi connectivity index (χ2v) is 6.55. The smallest absolute Gasteiger partial charge is 0.279 e. The van der Waals surface area contributed by atoms with Crippen molar-refractivity contribution in [3.63, 3.8) is 0 Å². The first-order valence-electron chi connectivity index (χ1n) is 8.45. The number of aromatic nitrogens is 1. The molecule has 1 amide bonds. The van der Waals surface area contributed by atoms with Gasteiger partial charge in [-0.25, -0.2) is 13.2 Å². The van der Waals surface area contributed by atoms with E-state index in [9.17, 15) is 18.0 Å². The van der Waals surface area contributed by atoms with Crippen LogP contribution < -0.4 is 15.1 Å². The number of piperazine rings is 1. The molecule has 1 fully saturated rings. The van der Waals surface area contributed by atoms with E-state index in [-0.39, 0.29) is 12.2 Å². The number of benzene rings is 1. The summed E-state index contributed by atoms with van der Waals surface area (Å²) in [4.78, 5) is 14.5. The van der Waals surface area contributed by atoms with Crippen molar-refractivity contribution >= 4 is 11.6 Å². The van der Waals surface area contributed by atoms with Gasteiger partial charge in [0, 0.05) is 6.07 Å². The van der Waals surface area contributed by atoms with Gasteiger partial charge in [-0.1, -0.05) is 5.16 Å². The summed E-state index contributed by atoms with van der Waals surface area (Å²) in [6, 6.07) is 3.72. The van der Waals surface area contributed by atoms with E-state index in [1.54, 1.807) is 0 Å². The molecule has 1 aromatic heterocycles. The van der Waals surface area contributed by atoms with Crippen molar-refractivity contribution in [3.8, 4) is 0 Å². The molecule has 0 aliphatic carbocycles. The predicted molar refractivity (Wildman–Crippen MR) is 86.2 cm³/mol. The lowest BCUT2D eigenvalue weighted by Gasteiger charge is -2.28. The molecule has 0 spiro atoms. The van der Waals surface area contributed by atoms with Crippen molar-refractivity contribution in [2.75, 3.05) is 38.0 Å². The first kappa shape index (κ1) is 18.4. The van der Waals surface area contributed by atoms with E-state index in [1.807, 2.05) is 13.0 Å². The lowest BCUT2D eigenvalue weighted by molar-refractivity contribution is -1.02. The van der Waals surface area contributed by atoms with Crippen LogP contribution in [-0.2, 0) is 11.3 Å². The maximum atomic E-state index is 13.6. The molecule has 0 radical (unpaired) electrons. The average Bonchev–Trinajstić information content (AvgIpc) is 3.02. The molecular formula is C17H21F3N4O2+2. The number of halogens is 3. The summed E-state index contributed by atoms with van der Waals surface area (Å²) in [7, 11) is 0. The van der Waals surface area contributed by atoms with Gasteiger partial charge in [-0.2, -0.15) is 0 Å². The molecule has 3 N–H and O–H groups in total. The highest BCUT2D eigenvalue weighted by Gasteiger charge is 2.26. The fraction of sp³-hybridized carbons (Fsp3) is 0.412. The maximum absolute atomic E-state index is 13.6. The molecule has 2 heterocycles. The zero-order valence-electron chi connectivity index (χ0n) is 14.4. The van der Waals surface area contributed by atoms with Crippen LogP contribution in [0.1, 0.15) is 11.5 Å². The van der Waals surface area contributed by atoms with Gasteiger partial charge in [0.15, 0.2) is 24.0 Å². The third kappa shape index (κ3) is 4.41. The molecule has 0 saturated carbocycles. The van der Waals surface area contributed by atoms with Crippen LogP contribution in [0.3, 0.4) is 0 Å². The van der Waals surface area contributed by atoms with Crippen LogP contribution in [0.25, 0.3) is 0 Å². The fourth-order valence-electron chi connectivity index (χ4n) is 3.11. The minimum atomic E-state index is -1.59. The highest BCUT2D eigenvalue weighted by atomic mass is 19.2. The molecular weight excluding hydrogens is 349 g/mol. The molecule has 1 aliphatic rings. The third-order valence-electron chi connectivity index (χ3n) is 4.49. The number of rotatable bonds is 5. The van der Waals surface area contributed by atoms with E-state index in [0.717, 1.165) is 61.2 Å². The molecule has 1 aromatic carbocycles. The number of aryl methyl sites for hydroxylation is 1. The standard InChI is InChI=1S/C17H19F3N4O2/c1-11-8-12(22-26-11)9-23-4-6-24(7-5-23)10-15(25)21-14-3-2-13(18)16(19)17(14)20/h2-3,8H,4-7,9-10H2,1H3,(H,21,25)/p+2. The molecule has 6 nitrogen and oxygen atoms in total. The average molecular weight is 370 g/mol. The lowest BCUT2D eigenvalue weighted by atomic mass is 10.2. The van der Waals surface area contributed by atoms with Gasteiger partial charge in [0.25, 0.3) is 5.91 Å². The summed E-state index contributed by atoms with van der Waals surface area (Å²) < 4.78 is 44.8. The van der Waals surface area contributed by atoms with Gasteiger partial charge in [-0.15, -0.1) is 0 Å². The Morgan fingerprint density at radius 2 is 1.85 bits per heavy atom. The molecule has 9 heteroatoms. The minimum Gasteiger partial charge on any atom is -0.361 e. The summed E-state index contributed by atoms with van der Waals surface area (Å²) >= 11 is 0. The van der Waals surface area contributed by atoms with Gasteiger partial charge in [-0.05, 0) is 19.1 Å². The predicted octanol–water partition coefficient (Wildman–Crippen LogP) is -0.678. The monoisotopic (exact) mass is 370 g/mol. The number of amides is 1. The summed E-state index contributed by atoms with van der Waals surface area (Å²) in [5.41, 5.74) is 0.562. The molecule has 140 valence electrons. The number of nitrogens with zero attached hydrogens (tertiary/aromatic N) is 1. The van der Waals surface area contributed by atoms with Gasteiger partial charge >= 0.3 is 0 Å². The fourth-order valence-corrected chi connectivity index (χ4v) is 3.11. The number of carbonyl (C=O) groups is 1. The van der Waals surface area contributed by atoms with Crippen molar-refractivity contribution in [1.29, 1.82) is 0 Å². The Kier molecular flexibility index (Phi) is 5.58. The van der Waals surface area contributed by atoms with Crippen molar-refractivity contribution < 1.29 is 32.3 Å². The van der Waals surface area contributed by atoms with Gasteiger partial charge in [0.2, 0.25) is 0 Å². The topological polar surface area (TPSA) is 64.0 Å². The first-order chi connectivity index (χ1) is 12.4. The first-order valence-corrected chi connectivity index (χ1v) is 8.45. The minimum absolute atomic E-state index is 0.148. The number of carbonyl (C=O) groups excluding carboxylic acids is 1. The zero-order chi connectivity index (χ0) is 18.7. The van der Waals surface area contributed by atoms with E-state index < -0.39 is 23.4 Å². The summed E-state index contributed by atoms with van der Waals surface area (Å²) in [6.45, 7) is 6.07. The van der Waals surface area contributed by atoms with Crippen LogP contribution >= 0.6 is 0 Å². The van der Waals surface area contributed by atoms with Crippen LogP contribution in [0.5, 0.6) is 0 Å². The van der Waals surface area contributed by atoms with Gasteiger partial charge in [0.05, 0.1) is 5.69 Å². The highest BCUT2D eigenvalue weighted by Crippen LogP contribution is 2.19. The van der Waals surface area contributed by atoms with Crippen LogP contribution in [0.4, 0.5) is 18.9 Å². The molecule has 3 rings (SSSR count). The highest BCUT2D eigenvalue weighted by molar-refractivity contribution is 5.91. The molecule has 1 saturated heterocycles. The summed E-state index contributed by atoms with van der Waals surface area (Å²) in [6.07, 6.45) is 0. The Hall–Kier alpha value is -2.39. The van der Waals surface area contributed by atoms with Crippen LogP contribution in [0, 0.1) is 24.4 Å². The van der Waals surface area contributed by atoms with Gasteiger partial charge in [0.1, 0.15) is 44.2 Å². The van der Waals surface area contributed by atoms with Gasteiger partial charge in [-0.3, -0.25) is 4.79 Å². The summed E-state index contributed by atoms with van der Waals surface area (Å²) in [5, 5.41) is 6.29. The zero-order valence-corrected chi connectivity index (χ0v) is 14.4. The molecule has 0 unspecified atom stereocenters. The number of quaternary nitrogens is 2. The Labute approximate surface area is 148 Å². The number of hydrogen-bond donors (Lipinski definition) is 3. The van der Waals surface area contributed by atoms with E-state index in [0.29, 0.717) is 0 Å². The Bertz CT molecular complexity index is 788. The number of hydrogen-bond acceptors (Lipinski definition) is 3. The maximum Gasteiger partial charge on any atom is 0.279 e. The normalized spacial score (nSPS) is 20.2. The van der Waals surface area contributed by atoms with Crippen LogP contribution in [0.2, 0.25) is 0 Å². The quantitative estimate of drug-likeness (QED) is 0.612. The van der Waals surface area contributed by atoms with Crippen LogP contribution in [0.15, 0.2) is 22.7 Å². The Balaban J connectivity index is 1.47. The second kappa shape index (κ2) is 7.88. The van der Waals surface area contributed by atoms with Crippen molar-refractivity contribution in [3.05, 3.63) is 47.1 Å². The molecule has 26 heavy (non-hydrogen) atoms. The van der Waals surface area contributed by atoms with Gasteiger partial charge < -0.3 is 19.6 Å². The molecule has 0 bridgehead atoms. The van der Waals surface area contributed by atoms with E-state index >= 15 is 0 Å². The molecule has 0 atom stereocenters. The SMILES string of the molecule is Cc1cc(C[NH+]2CC[NH+](CC(=O)Nc3ccc(F)c(F)c3F)CC2)no1. The van der Waals surface area contributed by atoms with Crippen molar-refractivity contribution in [2.45, 2.75) is 13.5 Å². The van der Waals surface area contributed by atoms with Crippen molar-refractivity contribution in [1.82, 2.24) is 5.16 Å². The number of nitrogens with one attached hydrogen (secondary N) is 3. The van der Waals surface area contributed by atoms with E-state index in [2.05, 4.69) is 10.5 Å². The Morgan fingerprint density at radius 1 is 1.15 bits per heavy atom. The van der Waals surface area contributed by atoms with E-state index in [4.69, 9.17) is 4.52 Å². The molecule has 2 aromatic rings. The van der Waals surface area contributed by atoms with Crippen LogP contribution in [-0.4, -0.2) is 43.8 Å². The second-order valence-electron chi connectivity index (χ2n) is 6.55. The van der Waals surface area contributed by atoms with Crippen molar-refractivity contribution in [2.24, 2.45) is 0 Å². The number of anilines is 1. The Morgan fingerprint density at radius 3 is 2.50 bits per heavy atom.